The number of nitriles is 1. The molecule has 1 aromatic heterocycles. The van der Waals surface area contributed by atoms with Crippen molar-refractivity contribution < 1.29 is 9.53 Å². The standard InChI is InChI=1S/C20H16N4O2S/c1-26-15-8-6-13(7-9-15)18-12-27-20(24-18)14(10-21)11-23-17-5-3-2-4-16(17)19(22)25/h2-9,11-12,23H,1H3,(H2,22,25). The van der Waals surface area contributed by atoms with E-state index in [4.69, 9.17) is 10.5 Å². The highest BCUT2D eigenvalue weighted by molar-refractivity contribution is 7.11. The maximum Gasteiger partial charge on any atom is 0.250 e. The summed E-state index contributed by atoms with van der Waals surface area (Å²) in [5.41, 5.74) is 8.32. The summed E-state index contributed by atoms with van der Waals surface area (Å²) in [4.78, 5) is 16.0. The van der Waals surface area contributed by atoms with Crippen molar-refractivity contribution >= 4 is 28.5 Å². The van der Waals surface area contributed by atoms with Gasteiger partial charge >= 0.3 is 0 Å². The Morgan fingerprint density at radius 2 is 2.00 bits per heavy atom. The molecule has 0 saturated heterocycles. The fourth-order valence-electron chi connectivity index (χ4n) is 2.41. The van der Waals surface area contributed by atoms with E-state index >= 15 is 0 Å². The minimum atomic E-state index is -0.541. The third-order valence-electron chi connectivity index (χ3n) is 3.81. The lowest BCUT2D eigenvalue weighted by atomic mass is 10.1. The van der Waals surface area contributed by atoms with Crippen LogP contribution in [0.1, 0.15) is 15.4 Å². The van der Waals surface area contributed by atoms with Gasteiger partial charge in [0, 0.05) is 17.1 Å². The number of aromatic nitrogens is 1. The topological polar surface area (TPSA) is 101 Å². The first-order valence-corrected chi connectivity index (χ1v) is 8.86. The molecule has 0 aliphatic heterocycles. The Bertz CT molecular complexity index is 1030. The Hall–Kier alpha value is -3.63. The van der Waals surface area contributed by atoms with Crippen molar-refractivity contribution in [1.82, 2.24) is 4.98 Å². The SMILES string of the molecule is COc1ccc(-c2csc(C(C#N)=CNc3ccccc3C(N)=O)n2)cc1. The van der Waals surface area contributed by atoms with Gasteiger partial charge in [-0.2, -0.15) is 5.26 Å². The summed E-state index contributed by atoms with van der Waals surface area (Å²) in [5, 5.41) is 14.9. The first-order valence-electron chi connectivity index (χ1n) is 7.98. The number of carbonyl (C=O) groups is 1. The number of methoxy groups -OCH3 is 1. The van der Waals surface area contributed by atoms with E-state index in [0.29, 0.717) is 21.8 Å². The number of para-hydroxylation sites is 1. The lowest BCUT2D eigenvalue weighted by molar-refractivity contribution is 0.100. The molecule has 6 nitrogen and oxygen atoms in total. The third-order valence-corrected chi connectivity index (χ3v) is 4.68. The molecule has 2 aromatic carbocycles. The maximum atomic E-state index is 11.5. The van der Waals surface area contributed by atoms with Crippen LogP contribution in [0.2, 0.25) is 0 Å². The number of allylic oxidation sites excluding steroid dienone is 1. The quantitative estimate of drug-likeness (QED) is 0.636. The normalized spacial score (nSPS) is 10.9. The van der Waals surface area contributed by atoms with Crippen LogP contribution in [-0.2, 0) is 0 Å². The number of thiazole rings is 1. The van der Waals surface area contributed by atoms with E-state index in [1.165, 1.54) is 17.5 Å². The first-order chi connectivity index (χ1) is 13.1. The van der Waals surface area contributed by atoms with Gasteiger partial charge in [-0.1, -0.05) is 12.1 Å². The summed E-state index contributed by atoms with van der Waals surface area (Å²) < 4.78 is 5.16. The van der Waals surface area contributed by atoms with Gasteiger partial charge in [0.25, 0.3) is 5.91 Å². The molecule has 27 heavy (non-hydrogen) atoms. The maximum absolute atomic E-state index is 11.5. The van der Waals surface area contributed by atoms with Crippen LogP contribution >= 0.6 is 11.3 Å². The summed E-state index contributed by atoms with van der Waals surface area (Å²) in [5.74, 6) is 0.227. The summed E-state index contributed by atoms with van der Waals surface area (Å²) in [6.07, 6.45) is 1.53. The molecule has 0 saturated carbocycles. The minimum Gasteiger partial charge on any atom is -0.497 e. The molecular formula is C20H16N4O2S. The lowest BCUT2D eigenvalue weighted by Gasteiger charge is -2.06. The molecule has 0 bridgehead atoms. The van der Waals surface area contributed by atoms with Gasteiger partial charge < -0.3 is 15.8 Å². The molecule has 3 aromatic rings. The van der Waals surface area contributed by atoms with Crippen molar-refractivity contribution in [3.63, 3.8) is 0 Å². The predicted molar refractivity (Wildman–Crippen MR) is 106 cm³/mol. The first kappa shape index (κ1) is 18.2. The number of benzene rings is 2. The van der Waals surface area contributed by atoms with Gasteiger partial charge in [0.1, 0.15) is 22.4 Å². The molecule has 0 aliphatic rings. The van der Waals surface area contributed by atoms with Gasteiger partial charge in [-0.25, -0.2) is 4.98 Å². The van der Waals surface area contributed by atoms with Crippen LogP contribution in [0, 0.1) is 11.3 Å². The molecule has 134 valence electrons. The van der Waals surface area contributed by atoms with E-state index < -0.39 is 5.91 Å². The van der Waals surface area contributed by atoms with Crippen molar-refractivity contribution in [3.8, 4) is 23.1 Å². The molecule has 3 rings (SSSR count). The number of nitrogens with one attached hydrogen (secondary N) is 1. The zero-order chi connectivity index (χ0) is 19.2. The Balaban J connectivity index is 1.84. The number of anilines is 1. The summed E-state index contributed by atoms with van der Waals surface area (Å²) in [6.45, 7) is 0. The summed E-state index contributed by atoms with van der Waals surface area (Å²) in [7, 11) is 1.61. The molecule has 0 fully saturated rings. The van der Waals surface area contributed by atoms with Crippen LogP contribution in [-0.4, -0.2) is 18.0 Å². The van der Waals surface area contributed by atoms with Crippen LogP contribution in [0.4, 0.5) is 5.69 Å². The zero-order valence-electron chi connectivity index (χ0n) is 14.5. The number of hydrogen-bond donors (Lipinski definition) is 2. The Kier molecular flexibility index (Phi) is 5.50. The lowest BCUT2D eigenvalue weighted by Crippen LogP contribution is -2.13. The van der Waals surface area contributed by atoms with Gasteiger partial charge in [0.15, 0.2) is 0 Å². The van der Waals surface area contributed by atoms with Gasteiger partial charge in [0.05, 0.1) is 24.1 Å². The van der Waals surface area contributed by atoms with E-state index in [0.717, 1.165) is 17.0 Å². The van der Waals surface area contributed by atoms with E-state index in [9.17, 15) is 10.1 Å². The van der Waals surface area contributed by atoms with E-state index in [1.54, 1.807) is 31.4 Å². The van der Waals surface area contributed by atoms with Crippen LogP contribution in [0.3, 0.4) is 0 Å². The number of hydrogen-bond acceptors (Lipinski definition) is 6. The third kappa shape index (κ3) is 4.14. The second-order valence-electron chi connectivity index (χ2n) is 5.49. The van der Waals surface area contributed by atoms with Gasteiger partial charge in [-0.15, -0.1) is 11.3 Å². The molecular weight excluding hydrogens is 360 g/mol. The van der Waals surface area contributed by atoms with Crippen molar-refractivity contribution in [3.05, 3.63) is 70.7 Å². The minimum absolute atomic E-state index is 0.351. The van der Waals surface area contributed by atoms with Gasteiger partial charge in [-0.3, -0.25) is 4.79 Å². The van der Waals surface area contributed by atoms with Crippen LogP contribution in [0.15, 0.2) is 60.1 Å². The number of ether oxygens (including phenoxy) is 1. The molecule has 7 heteroatoms. The zero-order valence-corrected chi connectivity index (χ0v) is 15.3. The van der Waals surface area contributed by atoms with Crippen LogP contribution < -0.4 is 15.8 Å². The summed E-state index contributed by atoms with van der Waals surface area (Å²) in [6, 6.07) is 16.5. The van der Waals surface area contributed by atoms with Crippen molar-refractivity contribution in [2.24, 2.45) is 5.73 Å². The average molecular weight is 376 g/mol. The van der Waals surface area contributed by atoms with Crippen molar-refractivity contribution in [2.75, 3.05) is 12.4 Å². The van der Waals surface area contributed by atoms with Crippen molar-refractivity contribution in [2.45, 2.75) is 0 Å². The van der Waals surface area contributed by atoms with E-state index in [2.05, 4.69) is 16.4 Å². The molecule has 0 aliphatic carbocycles. The average Bonchev–Trinajstić information content (AvgIpc) is 3.19. The van der Waals surface area contributed by atoms with E-state index in [-0.39, 0.29) is 0 Å². The van der Waals surface area contributed by atoms with Gasteiger partial charge in [0.2, 0.25) is 0 Å². The number of rotatable bonds is 6. The number of primary amides is 1. The highest BCUT2D eigenvalue weighted by Gasteiger charge is 2.10. The Morgan fingerprint density at radius 1 is 1.26 bits per heavy atom. The molecule has 3 N–H and O–H groups in total. The second-order valence-corrected chi connectivity index (χ2v) is 6.35. The van der Waals surface area contributed by atoms with E-state index in [1.807, 2.05) is 29.6 Å². The smallest absolute Gasteiger partial charge is 0.250 e. The fourth-order valence-corrected chi connectivity index (χ4v) is 3.20. The molecule has 0 spiro atoms. The van der Waals surface area contributed by atoms with Crippen LogP contribution in [0.25, 0.3) is 16.8 Å². The van der Waals surface area contributed by atoms with Gasteiger partial charge in [-0.05, 0) is 36.4 Å². The molecule has 0 atom stereocenters. The number of nitrogens with zero attached hydrogens (tertiary/aromatic N) is 2. The highest BCUT2D eigenvalue weighted by Crippen LogP contribution is 2.27. The fraction of sp³-hybridized carbons (Fsp3) is 0.0500. The Labute approximate surface area is 160 Å². The largest absolute Gasteiger partial charge is 0.497 e. The summed E-state index contributed by atoms with van der Waals surface area (Å²) >= 11 is 1.37. The number of amides is 1. The second kappa shape index (κ2) is 8.17. The molecule has 0 unspecified atom stereocenters. The number of nitrogens with two attached hydrogens (primary N) is 1. The highest BCUT2D eigenvalue weighted by atomic mass is 32.1. The number of carbonyl (C=O) groups excluding carboxylic acids is 1. The molecule has 1 heterocycles. The predicted octanol–water partition coefficient (Wildman–Crippen LogP) is 3.89. The molecule has 0 radical (unpaired) electrons. The van der Waals surface area contributed by atoms with Crippen molar-refractivity contribution in [1.29, 1.82) is 5.26 Å². The van der Waals surface area contributed by atoms with Crippen LogP contribution in [0.5, 0.6) is 5.75 Å². The molecule has 1 amide bonds. The Morgan fingerprint density at radius 3 is 2.67 bits per heavy atom. The monoisotopic (exact) mass is 376 g/mol.